The van der Waals surface area contributed by atoms with E-state index in [0.717, 1.165) is 10.4 Å². The van der Waals surface area contributed by atoms with Crippen molar-refractivity contribution in [1.29, 1.82) is 5.26 Å². The van der Waals surface area contributed by atoms with Gasteiger partial charge in [-0.25, -0.2) is 4.79 Å². The smallest absolute Gasteiger partial charge is 0.410 e. The van der Waals surface area contributed by atoms with Crippen LogP contribution in [0.25, 0.3) is 0 Å². The topological polar surface area (TPSA) is 73.6 Å². The second-order valence-electron chi connectivity index (χ2n) is 10.4. The zero-order chi connectivity index (χ0) is 23.6. The lowest BCUT2D eigenvalue weighted by molar-refractivity contribution is 0.0284. The minimum absolute atomic E-state index is 0.0334. The van der Waals surface area contributed by atoms with E-state index in [0.29, 0.717) is 19.5 Å². The number of nitriles is 1. The molecular formula is C26H34N2O3Si. The van der Waals surface area contributed by atoms with Gasteiger partial charge in [-0.05, 0) is 48.5 Å². The second kappa shape index (κ2) is 9.09. The van der Waals surface area contributed by atoms with Crippen LogP contribution in [0.5, 0.6) is 0 Å². The summed E-state index contributed by atoms with van der Waals surface area (Å²) >= 11 is 0. The summed E-state index contributed by atoms with van der Waals surface area (Å²) in [6, 6.07) is 22.2. The summed E-state index contributed by atoms with van der Waals surface area (Å²) in [5.74, 6) is -0.319. The molecule has 0 unspecified atom stereocenters. The van der Waals surface area contributed by atoms with Gasteiger partial charge in [-0.3, -0.25) is 0 Å². The summed E-state index contributed by atoms with van der Waals surface area (Å²) in [5, 5.41) is 11.3. The van der Waals surface area contributed by atoms with Crippen LogP contribution >= 0.6 is 0 Å². The van der Waals surface area contributed by atoms with Crippen molar-refractivity contribution in [2.75, 3.05) is 13.1 Å². The van der Waals surface area contributed by atoms with Crippen LogP contribution in [0.15, 0.2) is 60.7 Å². The van der Waals surface area contributed by atoms with Crippen LogP contribution in [-0.2, 0) is 4.74 Å². The Morgan fingerprint density at radius 3 is 1.97 bits per heavy atom. The molecular weight excluding hydrogens is 416 g/mol. The van der Waals surface area contributed by atoms with Crippen molar-refractivity contribution in [3.8, 4) is 6.07 Å². The van der Waals surface area contributed by atoms with Gasteiger partial charge in [0, 0.05) is 13.1 Å². The average Bonchev–Trinajstić information content (AvgIpc) is 3.15. The molecule has 0 spiro atoms. The van der Waals surface area contributed by atoms with Gasteiger partial charge in [0.1, 0.15) is 5.60 Å². The van der Waals surface area contributed by atoms with Crippen LogP contribution in [0, 0.1) is 23.2 Å². The van der Waals surface area contributed by atoms with Crippen molar-refractivity contribution < 1.29 is 14.3 Å². The van der Waals surface area contributed by atoms with Gasteiger partial charge in [0.15, 0.2) is 0 Å². The van der Waals surface area contributed by atoms with E-state index in [2.05, 4.69) is 19.9 Å². The molecule has 1 aliphatic heterocycles. The van der Waals surface area contributed by atoms with Crippen LogP contribution < -0.4 is 10.4 Å². The largest absolute Gasteiger partial charge is 0.444 e. The van der Waals surface area contributed by atoms with E-state index in [-0.39, 0.29) is 17.9 Å². The Morgan fingerprint density at radius 1 is 1.03 bits per heavy atom. The lowest BCUT2D eigenvalue weighted by Crippen LogP contribution is -2.65. The fraction of sp³-hybridized carbons (Fsp3) is 0.462. The molecule has 1 saturated heterocycles. The lowest BCUT2D eigenvalue weighted by atomic mass is 9.88. The highest BCUT2D eigenvalue weighted by Crippen LogP contribution is 2.44. The summed E-state index contributed by atoms with van der Waals surface area (Å²) < 4.78 is 5.54. The highest BCUT2D eigenvalue weighted by atomic mass is 28.4. The van der Waals surface area contributed by atoms with E-state index in [1.54, 1.807) is 4.90 Å². The number of ether oxygens (including phenoxy) is 1. The number of rotatable bonds is 5. The Morgan fingerprint density at radius 2 is 1.53 bits per heavy atom. The molecule has 2 aromatic rings. The molecule has 32 heavy (non-hydrogen) atoms. The Labute approximate surface area is 192 Å². The molecule has 0 saturated carbocycles. The lowest BCUT2D eigenvalue weighted by Gasteiger charge is -2.43. The molecule has 2 atom stereocenters. The third-order valence-corrected chi connectivity index (χ3v) is 10.9. The standard InChI is InChI=1S/C26H34N2O3Si/c1-25(2,3)31-24(29)28-18-20(21(17-27)19-28)16-26(4,5)32(30,22-12-8-6-9-13-22)23-14-10-7-11-15-23/h6-15,20-21,30H,16,18-19H2,1-5H3/t20-,21+/m1/s1. The van der Waals surface area contributed by atoms with Crippen molar-refractivity contribution in [2.24, 2.45) is 11.8 Å². The summed E-state index contributed by atoms with van der Waals surface area (Å²) in [5.41, 5.74) is -0.579. The van der Waals surface area contributed by atoms with Gasteiger partial charge >= 0.3 is 6.09 Å². The summed E-state index contributed by atoms with van der Waals surface area (Å²) in [4.78, 5) is 26.7. The number of amides is 1. The minimum atomic E-state index is -3.17. The third kappa shape index (κ3) is 4.90. The average molecular weight is 451 g/mol. The molecule has 5 nitrogen and oxygen atoms in total. The van der Waals surface area contributed by atoms with E-state index in [9.17, 15) is 14.9 Å². The van der Waals surface area contributed by atoms with Crippen molar-refractivity contribution in [3.63, 3.8) is 0 Å². The predicted molar refractivity (Wildman–Crippen MR) is 129 cm³/mol. The molecule has 1 heterocycles. The number of carbonyl (C=O) groups excluding carboxylic acids is 1. The maximum atomic E-state index is 12.6. The number of hydrogen-bond acceptors (Lipinski definition) is 4. The van der Waals surface area contributed by atoms with Crippen molar-refractivity contribution in [2.45, 2.75) is 51.7 Å². The van der Waals surface area contributed by atoms with E-state index >= 15 is 0 Å². The zero-order valence-electron chi connectivity index (χ0n) is 19.7. The first kappa shape index (κ1) is 24.0. The number of likely N-dealkylation sites (tertiary alicyclic amines) is 1. The van der Waals surface area contributed by atoms with Gasteiger partial charge in [0.25, 0.3) is 8.32 Å². The van der Waals surface area contributed by atoms with Crippen molar-refractivity contribution in [1.82, 2.24) is 4.90 Å². The summed E-state index contributed by atoms with van der Waals surface area (Å²) in [6.07, 6.45) is 0.258. The Bertz CT molecular complexity index is 925. The predicted octanol–water partition coefficient (Wildman–Crippen LogP) is 3.92. The van der Waals surface area contributed by atoms with Crippen molar-refractivity contribution >= 4 is 24.8 Å². The molecule has 0 aromatic heterocycles. The first-order valence-corrected chi connectivity index (χ1v) is 13.1. The van der Waals surface area contributed by atoms with Crippen LogP contribution in [0.4, 0.5) is 4.79 Å². The molecule has 3 rings (SSSR count). The first-order chi connectivity index (χ1) is 15.0. The number of nitrogens with zero attached hydrogens (tertiary/aromatic N) is 2. The molecule has 6 heteroatoms. The van der Waals surface area contributed by atoms with E-state index in [1.165, 1.54) is 0 Å². The fourth-order valence-electron chi connectivity index (χ4n) is 4.81. The highest BCUT2D eigenvalue weighted by Gasteiger charge is 2.52. The Kier molecular flexibility index (Phi) is 6.82. The minimum Gasteiger partial charge on any atom is -0.444 e. The zero-order valence-corrected chi connectivity index (χ0v) is 20.7. The van der Waals surface area contributed by atoms with Crippen molar-refractivity contribution in [3.05, 3.63) is 60.7 Å². The maximum absolute atomic E-state index is 12.6. The van der Waals surface area contributed by atoms with E-state index in [1.807, 2.05) is 81.4 Å². The molecule has 1 amide bonds. The molecule has 1 fully saturated rings. The summed E-state index contributed by atoms with van der Waals surface area (Å²) in [7, 11) is -3.17. The molecule has 2 aromatic carbocycles. The van der Waals surface area contributed by atoms with E-state index < -0.39 is 19.0 Å². The van der Waals surface area contributed by atoms with Gasteiger partial charge in [-0.1, -0.05) is 74.5 Å². The molecule has 1 aliphatic rings. The van der Waals surface area contributed by atoms with Crippen LogP contribution in [0.3, 0.4) is 0 Å². The Hall–Kier alpha value is -2.62. The van der Waals surface area contributed by atoms with Crippen LogP contribution in [0.1, 0.15) is 41.0 Å². The summed E-state index contributed by atoms with van der Waals surface area (Å²) in [6.45, 7) is 10.6. The first-order valence-electron chi connectivity index (χ1n) is 11.2. The normalized spacial score (nSPS) is 19.5. The Balaban J connectivity index is 1.91. The molecule has 0 aliphatic carbocycles. The number of benzene rings is 2. The fourth-order valence-corrected chi connectivity index (χ4v) is 8.61. The second-order valence-corrected chi connectivity index (χ2v) is 14.3. The number of carbonyl (C=O) groups is 1. The number of hydrogen-bond donors (Lipinski definition) is 1. The van der Waals surface area contributed by atoms with Crippen LogP contribution in [0.2, 0.25) is 5.04 Å². The molecule has 170 valence electrons. The maximum Gasteiger partial charge on any atom is 0.410 e. The molecule has 0 bridgehead atoms. The van der Waals surface area contributed by atoms with Gasteiger partial charge in [-0.2, -0.15) is 5.26 Å². The van der Waals surface area contributed by atoms with Gasteiger partial charge in [0.05, 0.1) is 12.0 Å². The van der Waals surface area contributed by atoms with Gasteiger partial charge in [-0.15, -0.1) is 0 Å². The monoisotopic (exact) mass is 450 g/mol. The van der Waals surface area contributed by atoms with Gasteiger partial charge < -0.3 is 14.4 Å². The van der Waals surface area contributed by atoms with E-state index in [4.69, 9.17) is 4.74 Å². The third-order valence-electron chi connectivity index (χ3n) is 6.39. The van der Waals surface area contributed by atoms with Gasteiger partial charge in [0.2, 0.25) is 0 Å². The molecule has 1 N–H and O–H groups in total. The molecule has 0 radical (unpaired) electrons. The highest BCUT2D eigenvalue weighted by molar-refractivity contribution is 6.98. The van der Waals surface area contributed by atoms with Crippen LogP contribution in [-0.4, -0.2) is 42.8 Å². The quantitative estimate of drug-likeness (QED) is 0.701. The SMILES string of the molecule is CC(C)(C)OC(=O)N1C[C@@H](CC(C)(C)[Si](O)(c2ccccc2)c2ccccc2)[C@@H](C#N)C1.